The maximum atomic E-state index is 14.2. The minimum absolute atomic E-state index is 0.203. The molecule has 244 valence electrons. The summed E-state index contributed by atoms with van der Waals surface area (Å²) in [6.45, 7) is 1.53. The third kappa shape index (κ3) is 4.77. The van der Waals surface area contributed by atoms with Crippen LogP contribution >= 0.6 is 11.6 Å². The summed E-state index contributed by atoms with van der Waals surface area (Å²) >= 11 is 5.74. The molecule has 3 aliphatic carbocycles. The summed E-state index contributed by atoms with van der Waals surface area (Å²) in [7, 11) is 2.66. The number of alkyl halides is 3. The molecule has 0 bridgehead atoms. The van der Waals surface area contributed by atoms with Crippen LogP contribution in [0.2, 0.25) is 5.02 Å². The Bertz CT molecular complexity index is 1770. The van der Waals surface area contributed by atoms with Crippen LogP contribution in [0.25, 0.3) is 5.76 Å². The molecule has 0 unspecified atom stereocenters. The number of nitrogens with one attached hydrogen (secondary N) is 1. The number of likely N-dealkylation sites (N-methyl/N-ethyl adjacent to an activating group) is 1. The first kappa shape index (κ1) is 32.8. The third-order valence-corrected chi connectivity index (χ3v) is 8.97. The lowest BCUT2D eigenvalue weighted by Gasteiger charge is -2.54. The second-order valence-electron chi connectivity index (χ2n) is 11.5. The second kappa shape index (κ2) is 11.0. The molecule has 0 saturated heterocycles. The molecule has 0 heterocycles. The third-order valence-electron chi connectivity index (χ3n) is 8.73. The van der Waals surface area contributed by atoms with Gasteiger partial charge in [0.15, 0.2) is 11.4 Å². The molecule has 2 aromatic carbocycles. The number of hydrogen-bond acceptors (Lipinski definition) is 10. The van der Waals surface area contributed by atoms with Crippen molar-refractivity contribution in [3.63, 3.8) is 0 Å². The molecule has 0 aromatic heterocycles. The van der Waals surface area contributed by atoms with Gasteiger partial charge in [-0.1, -0.05) is 30.7 Å². The van der Waals surface area contributed by atoms with Gasteiger partial charge in [0.05, 0.1) is 28.8 Å². The first-order valence-corrected chi connectivity index (χ1v) is 14.0. The van der Waals surface area contributed by atoms with Gasteiger partial charge < -0.3 is 30.9 Å². The Morgan fingerprint density at radius 3 is 2.35 bits per heavy atom. The number of rotatable bonds is 4. The topological polar surface area (TPSA) is 200 Å². The monoisotopic (exact) mass is 665 g/mol. The van der Waals surface area contributed by atoms with Crippen molar-refractivity contribution < 1.29 is 57.5 Å². The van der Waals surface area contributed by atoms with Crippen molar-refractivity contribution in [1.82, 2.24) is 4.90 Å². The lowest BCUT2D eigenvalue weighted by molar-refractivity contribution is -0.169. The Kier molecular flexibility index (Phi) is 7.86. The van der Waals surface area contributed by atoms with E-state index >= 15 is 0 Å². The molecule has 6 atom stereocenters. The Morgan fingerprint density at radius 1 is 1.11 bits per heavy atom. The standard InChI is InChI=1S/C30H27ClF3N3O9/c1-10-12-5-4-6-15(38)17(12)22(39)18-16(10)24(46-28(44)36-14-8-7-11(31)9-13(14)30(32,33)34)20-21(37(2)3)23(40)19(27(35)43)26(42)29(20,45)25(18)41/h4-10,16,20-21,24,38-39,42,45H,1-3H3,(H2,35,43)(H,36,44)/t10-,16+,20+,21-,24-,29-/m0/s1. The minimum Gasteiger partial charge on any atom is -0.508 e. The first-order chi connectivity index (χ1) is 21.3. The highest BCUT2D eigenvalue weighted by Crippen LogP contribution is 2.57. The van der Waals surface area contributed by atoms with E-state index in [1.54, 1.807) is 0 Å². The number of carbonyl (C=O) groups excluding carboxylic acids is 4. The van der Waals surface area contributed by atoms with Crippen LogP contribution in [0.4, 0.5) is 23.7 Å². The number of ketones is 2. The first-order valence-electron chi connectivity index (χ1n) is 13.6. The lowest BCUT2D eigenvalue weighted by atomic mass is 9.54. The Balaban J connectivity index is 1.75. The summed E-state index contributed by atoms with van der Waals surface area (Å²) < 4.78 is 47.0. The van der Waals surface area contributed by atoms with Gasteiger partial charge in [-0.05, 0) is 49.8 Å². The number of fused-ring (bicyclic) bond motifs is 3. The molecule has 0 aliphatic heterocycles. The molecule has 46 heavy (non-hydrogen) atoms. The number of aliphatic hydroxyl groups excluding tert-OH is 2. The van der Waals surface area contributed by atoms with Crippen LogP contribution in [0.15, 0.2) is 53.3 Å². The summed E-state index contributed by atoms with van der Waals surface area (Å²) in [5, 5.41) is 46.9. The number of ether oxygens (including phenoxy) is 1. The summed E-state index contributed by atoms with van der Waals surface area (Å²) in [5.74, 6) is -11.0. The molecule has 5 rings (SSSR count). The molecule has 3 aliphatic rings. The van der Waals surface area contributed by atoms with E-state index in [2.05, 4.69) is 0 Å². The van der Waals surface area contributed by atoms with Crippen molar-refractivity contribution in [2.45, 2.75) is 36.8 Å². The molecule has 7 N–H and O–H groups in total. The van der Waals surface area contributed by atoms with Gasteiger partial charge in [0.25, 0.3) is 5.91 Å². The average molecular weight is 666 g/mol. The van der Waals surface area contributed by atoms with Crippen LogP contribution in [0.3, 0.4) is 0 Å². The maximum absolute atomic E-state index is 14.2. The van der Waals surface area contributed by atoms with Gasteiger partial charge in [-0.3, -0.25) is 24.6 Å². The van der Waals surface area contributed by atoms with Crippen LogP contribution in [-0.4, -0.2) is 80.7 Å². The molecular weight excluding hydrogens is 639 g/mol. The van der Waals surface area contributed by atoms with Gasteiger partial charge in [0.1, 0.15) is 28.9 Å². The summed E-state index contributed by atoms with van der Waals surface area (Å²) in [5.41, 5.74) is -1.66. The summed E-state index contributed by atoms with van der Waals surface area (Å²) in [4.78, 5) is 54.8. The average Bonchev–Trinajstić information content (AvgIpc) is 2.94. The number of halogens is 4. The van der Waals surface area contributed by atoms with E-state index in [9.17, 15) is 52.8 Å². The quantitative estimate of drug-likeness (QED) is 0.263. The van der Waals surface area contributed by atoms with E-state index in [0.717, 1.165) is 12.1 Å². The van der Waals surface area contributed by atoms with Gasteiger partial charge in [0.2, 0.25) is 5.78 Å². The number of phenols is 1. The Labute approximate surface area is 263 Å². The van der Waals surface area contributed by atoms with Gasteiger partial charge in [-0.2, -0.15) is 13.2 Å². The number of amides is 2. The molecule has 12 nitrogen and oxygen atoms in total. The number of anilines is 1. The van der Waals surface area contributed by atoms with E-state index in [1.807, 2.05) is 5.32 Å². The fourth-order valence-corrected chi connectivity index (χ4v) is 6.98. The zero-order valence-corrected chi connectivity index (χ0v) is 25.0. The predicted octanol–water partition coefficient (Wildman–Crippen LogP) is 3.42. The van der Waals surface area contributed by atoms with E-state index in [-0.39, 0.29) is 16.1 Å². The number of primary amides is 1. The Hall–Kier alpha value is -4.60. The molecule has 16 heteroatoms. The Morgan fingerprint density at radius 2 is 1.76 bits per heavy atom. The summed E-state index contributed by atoms with van der Waals surface area (Å²) in [6.07, 6.45) is -8.35. The second-order valence-corrected chi connectivity index (χ2v) is 11.9. The van der Waals surface area contributed by atoms with Crippen molar-refractivity contribution in [3.8, 4) is 5.75 Å². The number of carbonyl (C=O) groups is 4. The van der Waals surface area contributed by atoms with Gasteiger partial charge in [-0.15, -0.1) is 0 Å². The molecule has 0 radical (unpaired) electrons. The normalized spacial score (nSPS) is 27.6. The number of aromatic hydroxyl groups is 1. The number of phenolic OH excluding ortho intramolecular Hbond substituents is 1. The largest absolute Gasteiger partial charge is 0.508 e. The molecular formula is C30H27ClF3N3O9. The van der Waals surface area contributed by atoms with E-state index in [4.69, 9.17) is 22.1 Å². The fourth-order valence-electron chi connectivity index (χ4n) is 6.81. The molecule has 2 aromatic rings. The van der Waals surface area contributed by atoms with Crippen molar-refractivity contribution >= 4 is 46.6 Å². The summed E-state index contributed by atoms with van der Waals surface area (Å²) in [6, 6.07) is 4.98. The van der Waals surface area contributed by atoms with E-state index in [1.165, 1.54) is 44.1 Å². The zero-order chi connectivity index (χ0) is 34.2. The zero-order valence-electron chi connectivity index (χ0n) is 24.2. The lowest BCUT2D eigenvalue weighted by Crippen LogP contribution is -2.71. The number of nitrogens with zero attached hydrogens (tertiary/aromatic N) is 1. The van der Waals surface area contributed by atoms with Crippen LogP contribution < -0.4 is 11.1 Å². The SMILES string of the molecule is C[C@H]1c2cccc(O)c2C(O)=C2C(=O)[C@]3(O)C(O)=C(C(N)=O)C(=O)[C@@H](N(C)C)[C@@H]3[C@@H](OC(=O)Nc3ccc(Cl)cc3C(F)(F)F)[C@@H]21. The molecule has 1 fully saturated rings. The fraction of sp³-hybridized carbons (Fsp3) is 0.333. The molecule has 0 spiro atoms. The molecule has 2 amide bonds. The minimum atomic E-state index is -4.97. The highest BCUT2D eigenvalue weighted by molar-refractivity contribution is 6.30. The highest BCUT2D eigenvalue weighted by atomic mass is 35.5. The van der Waals surface area contributed by atoms with Crippen molar-refractivity contribution in [3.05, 3.63) is 75.0 Å². The van der Waals surface area contributed by atoms with Gasteiger partial charge in [-0.25, -0.2) is 4.79 Å². The molecule has 1 saturated carbocycles. The smallest absolute Gasteiger partial charge is 0.418 e. The van der Waals surface area contributed by atoms with Crippen molar-refractivity contribution in [2.75, 3.05) is 19.4 Å². The van der Waals surface area contributed by atoms with Gasteiger partial charge in [0, 0.05) is 16.5 Å². The van der Waals surface area contributed by atoms with Crippen molar-refractivity contribution in [2.24, 2.45) is 17.6 Å². The predicted molar refractivity (Wildman–Crippen MR) is 155 cm³/mol. The maximum Gasteiger partial charge on any atom is 0.418 e. The van der Waals surface area contributed by atoms with Crippen LogP contribution in [-0.2, 0) is 25.3 Å². The van der Waals surface area contributed by atoms with E-state index < -0.39 is 105 Å². The van der Waals surface area contributed by atoms with Gasteiger partial charge >= 0.3 is 12.3 Å². The number of benzene rings is 2. The van der Waals surface area contributed by atoms with Crippen LogP contribution in [0, 0.1) is 11.8 Å². The number of Topliss-reactive ketones (excluding diaryl/α,β-unsaturated/α-hetero) is 2. The number of aliphatic hydroxyl groups is 3. The highest BCUT2D eigenvalue weighted by Gasteiger charge is 2.69. The van der Waals surface area contributed by atoms with Crippen molar-refractivity contribution in [1.29, 1.82) is 0 Å². The van der Waals surface area contributed by atoms with E-state index in [0.29, 0.717) is 6.07 Å². The van der Waals surface area contributed by atoms with Crippen LogP contribution in [0.5, 0.6) is 5.75 Å². The van der Waals surface area contributed by atoms with Crippen LogP contribution in [0.1, 0.15) is 29.5 Å². The number of nitrogens with two attached hydrogens (primary N) is 1. The number of hydrogen-bond donors (Lipinski definition) is 6.